The van der Waals surface area contributed by atoms with E-state index in [1.807, 2.05) is 0 Å². The first-order valence-corrected chi connectivity index (χ1v) is 7.26. The van der Waals surface area contributed by atoms with Gasteiger partial charge in [-0.25, -0.2) is 0 Å². The van der Waals surface area contributed by atoms with Gasteiger partial charge in [-0.2, -0.15) is 0 Å². The van der Waals surface area contributed by atoms with Crippen molar-refractivity contribution in [3.05, 3.63) is 33.3 Å². The summed E-state index contributed by atoms with van der Waals surface area (Å²) in [5.41, 5.74) is 6.58. The molecular weight excluding hydrogens is 316 g/mol. The normalized spacial score (nSPS) is 23.7. The monoisotopic (exact) mass is 330 g/mol. The minimum atomic E-state index is -0.105. The first-order chi connectivity index (χ1) is 8.58. The molecule has 1 aromatic carbocycles. The molecule has 1 aromatic rings. The highest BCUT2D eigenvalue weighted by molar-refractivity contribution is 9.10. The first-order valence-electron chi connectivity index (χ1n) is 6.09. The fourth-order valence-electron chi connectivity index (χ4n) is 2.23. The Labute approximate surface area is 120 Å². The summed E-state index contributed by atoms with van der Waals surface area (Å²) in [6.07, 6.45) is 4.21. The second kappa shape index (κ2) is 6.04. The Morgan fingerprint density at radius 2 is 2.11 bits per heavy atom. The molecule has 0 saturated heterocycles. The van der Waals surface area contributed by atoms with Crippen molar-refractivity contribution in [2.45, 2.75) is 37.8 Å². The number of hydrogen-bond acceptors (Lipinski definition) is 2. The lowest BCUT2D eigenvalue weighted by atomic mass is 9.91. The van der Waals surface area contributed by atoms with Gasteiger partial charge in [-0.1, -0.05) is 24.4 Å². The maximum atomic E-state index is 12.1. The molecule has 0 heterocycles. The second-order valence-corrected chi connectivity index (χ2v) is 5.92. The molecule has 1 saturated carbocycles. The number of carbonyl (C=O) groups excluding carboxylic acids is 1. The van der Waals surface area contributed by atoms with Gasteiger partial charge >= 0.3 is 0 Å². The minimum Gasteiger partial charge on any atom is -0.348 e. The highest BCUT2D eigenvalue weighted by atomic mass is 79.9. The maximum absolute atomic E-state index is 12.1. The molecule has 0 radical (unpaired) electrons. The van der Waals surface area contributed by atoms with E-state index in [1.165, 1.54) is 0 Å². The Morgan fingerprint density at radius 3 is 2.78 bits per heavy atom. The molecule has 1 fully saturated rings. The molecule has 2 unspecified atom stereocenters. The van der Waals surface area contributed by atoms with Gasteiger partial charge in [0.25, 0.3) is 5.91 Å². The number of carbonyl (C=O) groups is 1. The average molecular weight is 332 g/mol. The van der Waals surface area contributed by atoms with E-state index in [2.05, 4.69) is 21.2 Å². The third kappa shape index (κ3) is 3.25. The van der Waals surface area contributed by atoms with Crippen molar-refractivity contribution >= 4 is 33.4 Å². The zero-order chi connectivity index (χ0) is 13.1. The molecule has 5 heteroatoms. The minimum absolute atomic E-state index is 0.0635. The van der Waals surface area contributed by atoms with Crippen molar-refractivity contribution in [2.24, 2.45) is 5.73 Å². The van der Waals surface area contributed by atoms with E-state index in [9.17, 15) is 4.79 Å². The van der Waals surface area contributed by atoms with Gasteiger partial charge in [0.05, 0.1) is 5.02 Å². The van der Waals surface area contributed by atoms with Gasteiger partial charge in [0.1, 0.15) is 0 Å². The Bertz CT molecular complexity index is 453. The summed E-state index contributed by atoms with van der Waals surface area (Å²) in [5.74, 6) is -0.105. The molecule has 2 atom stereocenters. The van der Waals surface area contributed by atoms with Crippen LogP contribution in [-0.2, 0) is 0 Å². The van der Waals surface area contributed by atoms with Crippen LogP contribution in [0.4, 0.5) is 0 Å². The van der Waals surface area contributed by atoms with Crippen molar-refractivity contribution in [3.63, 3.8) is 0 Å². The molecule has 1 aliphatic rings. The Morgan fingerprint density at radius 1 is 1.39 bits per heavy atom. The number of nitrogens with two attached hydrogens (primary N) is 1. The SMILES string of the molecule is NC1CCCCC1NC(=O)c1ccc(Br)c(Cl)c1. The molecular formula is C13H16BrClN2O. The van der Waals surface area contributed by atoms with Crippen molar-refractivity contribution in [3.8, 4) is 0 Å². The van der Waals surface area contributed by atoms with Gasteiger partial charge in [0.2, 0.25) is 0 Å². The van der Waals surface area contributed by atoms with Gasteiger partial charge in [0, 0.05) is 22.1 Å². The zero-order valence-corrected chi connectivity index (χ0v) is 12.3. The van der Waals surface area contributed by atoms with Crippen LogP contribution in [0.15, 0.2) is 22.7 Å². The quantitative estimate of drug-likeness (QED) is 0.875. The van der Waals surface area contributed by atoms with Crippen LogP contribution in [0.1, 0.15) is 36.0 Å². The molecule has 1 amide bonds. The van der Waals surface area contributed by atoms with Crippen LogP contribution in [0.2, 0.25) is 5.02 Å². The highest BCUT2D eigenvalue weighted by Crippen LogP contribution is 2.23. The van der Waals surface area contributed by atoms with E-state index in [0.717, 1.165) is 30.2 Å². The summed E-state index contributed by atoms with van der Waals surface area (Å²) in [7, 11) is 0. The predicted molar refractivity (Wildman–Crippen MR) is 76.8 cm³/mol. The van der Waals surface area contributed by atoms with Crippen molar-refractivity contribution in [2.75, 3.05) is 0 Å². The third-order valence-electron chi connectivity index (χ3n) is 3.32. The Balaban J connectivity index is 2.04. The van der Waals surface area contributed by atoms with Crippen LogP contribution in [-0.4, -0.2) is 18.0 Å². The topological polar surface area (TPSA) is 55.1 Å². The lowest BCUT2D eigenvalue weighted by Crippen LogP contribution is -2.49. The molecule has 0 aliphatic heterocycles. The van der Waals surface area contributed by atoms with E-state index < -0.39 is 0 Å². The van der Waals surface area contributed by atoms with Crippen LogP contribution in [0, 0.1) is 0 Å². The van der Waals surface area contributed by atoms with Gasteiger partial charge in [0.15, 0.2) is 0 Å². The van der Waals surface area contributed by atoms with Crippen LogP contribution in [0.5, 0.6) is 0 Å². The number of halogens is 2. The second-order valence-electron chi connectivity index (χ2n) is 4.66. The number of nitrogens with one attached hydrogen (secondary N) is 1. The van der Waals surface area contributed by atoms with Gasteiger partial charge in [-0.15, -0.1) is 0 Å². The van der Waals surface area contributed by atoms with Crippen molar-refractivity contribution in [1.82, 2.24) is 5.32 Å². The van der Waals surface area contributed by atoms with E-state index in [0.29, 0.717) is 10.6 Å². The lowest BCUT2D eigenvalue weighted by molar-refractivity contribution is 0.0921. The number of amides is 1. The summed E-state index contributed by atoms with van der Waals surface area (Å²) in [5, 5.41) is 3.53. The Kier molecular flexibility index (Phi) is 4.65. The summed E-state index contributed by atoms with van der Waals surface area (Å²) in [6, 6.07) is 5.33. The van der Waals surface area contributed by atoms with Crippen molar-refractivity contribution < 1.29 is 4.79 Å². The van der Waals surface area contributed by atoms with E-state index in [-0.39, 0.29) is 18.0 Å². The summed E-state index contributed by atoms with van der Waals surface area (Å²) >= 11 is 9.28. The summed E-state index contributed by atoms with van der Waals surface area (Å²) < 4.78 is 0.787. The number of rotatable bonds is 2. The molecule has 0 bridgehead atoms. The zero-order valence-electron chi connectivity index (χ0n) is 9.96. The van der Waals surface area contributed by atoms with Crippen molar-refractivity contribution in [1.29, 1.82) is 0 Å². The van der Waals surface area contributed by atoms with Crippen LogP contribution in [0.3, 0.4) is 0 Å². The van der Waals surface area contributed by atoms with Crippen LogP contribution < -0.4 is 11.1 Å². The average Bonchev–Trinajstić information content (AvgIpc) is 2.35. The van der Waals surface area contributed by atoms with Crippen LogP contribution >= 0.6 is 27.5 Å². The summed E-state index contributed by atoms with van der Waals surface area (Å²) in [4.78, 5) is 12.1. The van der Waals surface area contributed by atoms with Gasteiger partial charge in [-0.05, 0) is 47.0 Å². The Hall–Kier alpha value is -0.580. The predicted octanol–water partition coefficient (Wildman–Crippen LogP) is 3.10. The largest absolute Gasteiger partial charge is 0.348 e. The fourth-order valence-corrected chi connectivity index (χ4v) is 2.66. The fraction of sp³-hybridized carbons (Fsp3) is 0.462. The highest BCUT2D eigenvalue weighted by Gasteiger charge is 2.23. The number of benzene rings is 1. The first kappa shape index (κ1) is 13.8. The van der Waals surface area contributed by atoms with Crippen LogP contribution in [0.25, 0.3) is 0 Å². The molecule has 0 spiro atoms. The third-order valence-corrected chi connectivity index (χ3v) is 4.55. The van der Waals surface area contributed by atoms with E-state index in [1.54, 1.807) is 18.2 Å². The molecule has 2 rings (SSSR count). The molecule has 3 nitrogen and oxygen atoms in total. The smallest absolute Gasteiger partial charge is 0.251 e. The van der Waals surface area contributed by atoms with E-state index >= 15 is 0 Å². The lowest BCUT2D eigenvalue weighted by Gasteiger charge is -2.29. The number of hydrogen-bond donors (Lipinski definition) is 2. The molecule has 3 N–H and O–H groups in total. The molecule has 0 aromatic heterocycles. The molecule has 18 heavy (non-hydrogen) atoms. The standard InChI is InChI=1S/C13H16BrClN2O/c14-9-6-5-8(7-10(9)15)13(18)17-12-4-2-1-3-11(12)16/h5-7,11-12H,1-4,16H2,(H,17,18). The molecule has 1 aliphatic carbocycles. The maximum Gasteiger partial charge on any atom is 0.251 e. The van der Waals surface area contributed by atoms with Gasteiger partial charge < -0.3 is 11.1 Å². The van der Waals surface area contributed by atoms with E-state index in [4.69, 9.17) is 17.3 Å². The molecule has 98 valence electrons. The summed E-state index contributed by atoms with van der Waals surface area (Å²) in [6.45, 7) is 0. The van der Waals surface area contributed by atoms with Gasteiger partial charge in [-0.3, -0.25) is 4.79 Å².